The molecule has 1 atom stereocenters. The number of benzene rings is 1. The Hall–Kier alpha value is -4.01. The lowest BCUT2D eigenvalue weighted by Crippen LogP contribution is -2.36. The van der Waals surface area contributed by atoms with Crippen molar-refractivity contribution in [1.29, 1.82) is 0 Å². The molecule has 4 aromatic heterocycles. The summed E-state index contributed by atoms with van der Waals surface area (Å²) in [5.74, 6) is 1.15. The number of H-pyrrole nitrogens is 1. The lowest BCUT2D eigenvalue weighted by atomic mass is 9.98. The van der Waals surface area contributed by atoms with Crippen LogP contribution in [0.4, 0.5) is 6.01 Å². The second-order valence-electron chi connectivity index (χ2n) is 7.18. The van der Waals surface area contributed by atoms with Crippen LogP contribution in [0.15, 0.2) is 58.0 Å². The fourth-order valence-corrected chi connectivity index (χ4v) is 4.05. The fraction of sp³-hybridized carbons (Fsp3) is 0.190. The summed E-state index contributed by atoms with van der Waals surface area (Å²) in [6.45, 7) is 2.75. The highest BCUT2D eigenvalue weighted by atomic mass is 16.4. The monoisotopic (exact) mass is 399 g/mol. The van der Waals surface area contributed by atoms with Gasteiger partial charge in [-0.2, -0.15) is 0 Å². The average Bonchev–Trinajstić information content (AvgIpc) is 3.53. The first-order chi connectivity index (χ1) is 14.8. The highest BCUT2D eigenvalue weighted by Gasteiger charge is 2.37. The van der Waals surface area contributed by atoms with E-state index in [2.05, 4.69) is 43.1 Å². The van der Waals surface area contributed by atoms with Crippen LogP contribution in [-0.4, -0.2) is 36.7 Å². The molecular formula is C21H17N7O2. The van der Waals surface area contributed by atoms with Gasteiger partial charge < -0.3 is 18.7 Å². The number of aryl methyl sites for hydroxylation is 1. The number of furan rings is 1. The zero-order chi connectivity index (χ0) is 20.1. The van der Waals surface area contributed by atoms with Crippen LogP contribution in [0, 0.1) is 6.92 Å². The number of hydrogen-bond acceptors (Lipinski definition) is 8. The van der Waals surface area contributed by atoms with Crippen LogP contribution >= 0.6 is 0 Å². The summed E-state index contributed by atoms with van der Waals surface area (Å²) < 4.78 is 12.3. The lowest BCUT2D eigenvalue weighted by molar-refractivity contribution is 0.451. The molecule has 5 heterocycles. The third kappa shape index (κ3) is 2.52. The number of aromatic amines is 1. The van der Waals surface area contributed by atoms with E-state index in [4.69, 9.17) is 8.83 Å². The quantitative estimate of drug-likeness (QED) is 0.491. The summed E-state index contributed by atoms with van der Waals surface area (Å²) >= 11 is 0. The first kappa shape index (κ1) is 16.9. The zero-order valence-corrected chi connectivity index (χ0v) is 16.1. The first-order valence-electron chi connectivity index (χ1n) is 9.66. The van der Waals surface area contributed by atoms with Crippen molar-refractivity contribution in [3.63, 3.8) is 0 Å². The summed E-state index contributed by atoms with van der Waals surface area (Å²) in [6.07, 6.45) is 7.30. The largest absolute Gasteiger partial charge is 0.458 e. The van der Waals surface area contributed by atoms with Crippen molar-refractivity contribution >= 4 is 17.0 Å². The van der Waals surface area contributed by atoms with Gasteiger partial charge in [-0.25, -0.2) is 9.97 Å². The van der Waals surface area contributed by atoms with E-state index < -0.39 is 0 Å². The molecule has 9 heteroatoms. The average molecular weight is 399 g/mol. The fourth-order valence-electron chi connectivity index (χ4n) is 4.05. The minimum absolute atomic E-state index is 0.275. The number of anilines is 1. The van der Waals surface area contributed by atoms with Gasteiger partial charge in [-0.05, 0) is 13.0 Å². The van der Waals surface area contributed by atoms with E-state index >= 15 is 0 Å². The van der Waals surface area contributed by atoms with E-state index in [1.54, 1.807) is 24.9 Å². The van der Waals surface area contributed by atoms with E-state index in [0.29, 0.717) is 24.1 Å². The number of nitrogens with one attached hydrogen (secondary N) is 1. The van der Waals surface area contributed by atoms with E-state index in [1.807, 2.05) is 23.1 Å². The molecule has 0 radical (unpaired) electrons. The number of imidazole rings is 1. The van der Waals surface area contributed by atoms with Gasteiger partial charge in [0.1, 0.15) is 23.1 Å². The van der Waals surface area contributed by atoms with Gasteiger partial charge in [0, 0.05) is 42.0 Å². The van der Waals surface area contributed by atoms with Crippen molar-refractivity contribution in [3.05, 3.63) is 71.9 Å². The van der Waals surface area contributed by atoms with Crippen molar-refractivity contribution in [1.82, 2.24) is 30.1 Å². The number of fused-ring (bicyclic) bond motifs is 2. The smallest absolute Gasteiger partial charge is 0.319 e. The molecule has 148 valence electrons. The maximum absolute atomic E-state index is 6.30. The minimum atomic E-state index is -0.275. The lowest BCUT2D eigenvalue weighted by Gasteiger charge is -2.32. The second-order valence-corrected chi connectivity index (χ2v) is 7.18. The van der Waals surface area contributed by atoms with Crippen molar-refractivity contribution in [3.8, 4) is 11.6 Å². The molecular weight excluding hydrogens is 382 g/mol. The number of rotatable bonds is 3. The molecule has 0 unspecified atom stereocenters. The molecule has 0 spiro atoms. The van der Waals surface area contributed by atoms with Gasteiger partial charge >= 0.3 is 6.01 Å². The number of aromatic nitrogens is 6. The summed E-state index contributed by atoms with van der Waals surface area (Å²) in [6, 6.07) is 8.15. The molecule has 1 aliphatic rings. The van der Waals surface area contributed by atoms with Crippen molar-refractivity contribution in [2.24, 2.45) is 0 Å². The van der Waals surface area contributed by atoms with Gasteiger partial charge in [0.2, 0.25) is 0 Å². The molecule has 0 bridgehead atoms. The van der Waals surface area contributed by atoms with Crippen molar-refractivity contribution in [2.75, 3.05) is 11.4 Å². The van der Waals surface area contributed by atoms with E-state index in [0.717, 1.165) is 40.1 Å². The third-order valence-electron chi connectivity index (χ3n) is 5.50. The number of nitrogens with zero attached hydrogens (tertiary/aromatic N) is 6. The number of hydrogen-bond donors (Lipinski definition) is 1. The van der Waals surface area contributed by atoms with Gasteiger partial charge in [-0.3, -0.25) is 4.98 Å². The Labute approximate surface area is 170 Å². The van der Waals surface area contributed by atoms with Crippen LogP contribution in [0.25, 0.3) is 22.6 Å². The maximum Gasteiger partial charge on any atom is 0.319 e. The molecule has 0 amide bonds. The molecule has 1 aromatic carbocycles. The predicted octanol–water partition coefficient (Wildman–Crippen LogP) is 3.46. The van der Waals surface area contributed by atoms with E-state index in [1.165, 1.54) is 0 Å². The van der Waals surface area contributed by atoms with E-state index in [-0.39, 0.29) is 6.04 Å². The topological polar surface area (TPSA) is 110 Å². The van der Waals surface area contributed by atoms with Crippen LogP contribution in [0.2, 0.25) is 0 Å². The summed E-state index contributed by atoms with van der Waals surface area (Å²) in [5.41, 5.74) is 4.45. The molecule has 1 N–H and O–H groups in total. The Kier molecular flexibility index (Phi) is 3.67. The molecule has 30 heavy (non-hydrogen) atoms. The van der Waals surface area contributed by atoms with Gasteiger partial charge in [-0.15, -0.1) is 5.10 Å². The van der Waals surface area contributed by atoms with Gasteiger partial charge in [-0.1, -0.05) is 23.3 Å². The highest BCUT2D eigenvalue weighted by molar-refractivity contribution is 5.82. The second kappa shape index (κ2) is 6.51. The molecule has 0 saturated heterocycles. The normalized spacial score (nSPS) is 16.2. The van der Waals surface area contributed by atoms with Gasteiger partial charge in [0.15, 0.2) is 0 Å². The molecule has 0 aliphatic carbocycles. The minimum Gasteiger partial charge on any atom is -0.458 e. The maximum atomic E-state index is 6.30. The number of para-hydroxylation sites is 1. The van der Waals surface area contributed by atoms with Gasteiger partial charge in [0.25, 0.3) is 5.89 Å². The highest BCUT2D eigenvalue weighted by Crippen LogP contribution is 2.41. The van der Waals surface area contributed by atoms with Crippen LogP contribution < -0.4 is 4.90 Å². The first-order valence-corrected chi connectivity index (χ1v) is 9.66. The van der Waals surface area contributed by atoms with Gasteiger partial charge in [0.05, 0.1) is 18.2 Å². The Morgan fingerprint density at radius 3 is 2.90 bits per heavy atom. The van der Waals surface area contributed by atoms with Crippen LogP contribution in [-0.2, 0) is 6.42 Å². The summed E-state index contributed by atoms with van der Waals surface area (Å²) in [5, 5.41) is 9.56. The van der Waals surface area contributed by atoms with Crippen molar-refractivity contribution in [2.45, 2.75) is 19.4 Å². The standard InChI is InChI=1S/C21H17N7O2/c1-12-13-4-2-3-5-16(13)29-19(12)18-17-14(24-11-25-17)6-9-28(18)21-27-26-20(30-21)15-10-22-7-8-23-15/h2-5,7-8,10-11,18H,6,9H2,1H3,(H,24,25)/t18-/m1/s1. The Balaban J connectivity index is 1.48. The SMILES string of the molecule is Cc1c([C@H]2c3nc[nH]c3CCN2c2nnc(-c3cnccn3)o2)oc2ccccc12. The molecule has 6 rings (SSSR count). The van der Waals surface area contributed by atoms with Crippen LogP contribution in [0.5, 0.6) is 0 Å². The Morgan fingerprint density at radius 2 is 2.03 bits per heavy atom. The zero-order valence-electron chi connectivity index (χ0n) is 16.1. The molecule has 0 fully saturated rings. The predicted molar refractivity (Wildman–Crippen MR) is 108 cm³/mol. The van der Waals surface area contributed by atoms with Crippen molar-refractivity contribution < 1.29 is 8.83 Å². The third-order valence-corrected chi connectivity index (χ3v) is 5.50. The van der Waals surface area contributed by atoms with Crippen LogP contribution in [0.1, 0.15) is 28.8 Å². The molecule has 9 nitrogen and oxygen atoms in total. The molecule has 1 aliphatic heterocycles. The summed E-state index contributed by atoms with van der Waals surface area (Å²) in [7, 11) is 0. The molecule has 5 aromatic rings. The van der Waals surface area contributed by atoms with E-state index in [9.17, 15) is 0 Å². The Morgan fingerprint density at radius 1 is 1.10 bits per heavy atom. The molecule has 0 saturated carbocycles. The van der Waals surface area contributed by atoms with Crippen LogP contribution in [0.3, 0.4) is 0 Å². The summed E-state index contributed by atoms with van der Waals surface area (Å²) in [4.78, 5) is 18.2. The Bertz CT molecular complexity index is 1340.